The number of aromatic amines is 1. The minimum absolute atomic E-state index is 0.101. The molecule has 1 aliphatic rings. The van der Waals surface area contributed by atoms with Gasteiger partial charge in [-0.1, -0.05) is 6.92 Å². The summed E-state index contributed by atoms with van der Waals surface area (Å²) in [7, 11) is 0. The third-order valence-corrected chi connectivity index (χ3v) is 6.45. The second kappa shape index (κ2) is 11.4. The van der Waals surface area contributed by atoms with Crippen LogP contribution >= 0.6 is 11.8 Å². The topological polar surface area (TPSA) is 108 Å². The Balaban J connectivity index is 1.63. The number of nitrogens with zero attached hydrogens (tertiary/aromatic N) is 4. The van der Waals surface area contributed by atoms with Gasteiger partial charge in [0.15, 0.2) is 22.6 Å². The lowest BCUT2D eigenvalue weighted by molar-refractivity contribution is -0.117. The number of ether oxygens (including phenoxy) is 1. The molecule has 0 unspecified atom stereocenters. The summed E-state index contributed by atoms with van der Waals surface area (Å²) < 4.78 is 6.15. The lowest BCUT2D eigenvalue weighted by Crippen LogP contribution is -2.25. The van der Waals surface area contributed by atoms with E-state index >= 15 is 0 Å². The zero-order chi connectivity index (χ0) is 24.8. The highest BCUT2D eigenvalue weighted by molar-refractivity contribution is 7.99. The predicted octanol–water partition coefficient (Wildman–Crippen LogP) is 5.39. The highest BCUT2D eigenvalue weighted by Gasteiger charge is 2.29. The first-order chi connectivity index (χ1) is 17.0. The number of carbonyl (C=O) groups is 1. The number of carbonyl (C=O) groups excluding carboxylic acids is 1. The van der Waals surface area contributed by atoms with Gasteiger partial charge in [-0.2, -0.15) is 5.10 Å². The molecule has 1 fully saturated rings. The molecule has 1 aliphatic carbocycles. The molecule has 0 atom stereocenters. The van der Waals surface area contributed by atoms with Gasteiger partial charge in [0.05, 0.1) is 6.61 Å². The van der Waals surface area contributed by atoms with E-state index in [0.717, 1.165) is 54.4 Å². The van der Waals surface area contributed by atoms with Crippen molar-refractivity contribution in [2.24, 2.45) is 5.92 Å². The number of aryl methyl sites for hydroxylation is 1. The number of anilines is 4. The van der Waals surface area contributed by atoms with Crippen molar-refractivity contribution in [3.8, 4) is 5.75 Å². The van der Waals surface area contributed by atoms with Gasteiger partial charge >= 0.3 is 0 Å². The maximum atomic E-state index is 12.0. The first-order valence-corrected chi connectivity index (χ1v) is 13.0. The van der Waals surface area contributed by atoms with Crippen LogP contribution in [0.2, 0.25) is 0 Å². The quantitative estimate of drug-likeness (QED) is 0.287. The summed E-state index contributed by atoms with van der Waals surface area (Å²) in [6, 6.07) is 9.69. The van der Waals surface area contributed by atoms with Gasteiger partial charge in [-0.3, -0.25) is 9.89 Å². The molecule has 2 aromatic heterocycles. The summed E-state index contributed by atoms with van der Waals surface area (Å²) in [5, 5.41) is 14.1. The van der Waals surface area contributed by atoms with E-state index < -0.39 is 0 Å². The van der Waals surface area contributed by atoms with Crippen molar-refractivity contribution in [1.29, 1.82) is 0 Å². The molecule has 3 aromatic rings. The average molecular weight is 496 g/mol. The molecule has 1 saturated carbocycles. The van der Waals surface area contributed by atoms with E-state index in [2.05, 4.69) is 46.5 Å². The largest absolute Gasteiger partial charge is 0.486 e. The van der Waals surface area contributed by atoms with Gasteiger partial charge in [0.1, 0.15) is 0 Å². The summed E-state index contributed by atoms with van der Waals surface area (Å²) in [6.45, 7) is 10.4. The van der Waals surface area contributed by atoms with Crippen LogP contribution in [0.15, 0.2) is 40.4 Å². The van der Waals surface area contributed by atoms with Crippen LogP contribution in [0.4, 0.5) is 23.1 Å². The summed E-state index contributed by atoms with van der Waals surface area (Å²) >= 11 is 1.46. The molecule has 4 rings (SSSR count). The minimum Gasteiger partial charge on any atom is -0.486 e. The SMILES string of the molecule is CCCOc1c(Nc2cc(C)[nH]n2)nc(Sc2ccc(NC(=O)C3CC3)cc2)nc1N(CC)CC. The molecule has 0 radical (unpaired) electrons. The highest BCUT2D eigenvalue weighted by Crippen LogP contribution is 2.38. The Morgan fingerprint density at radius 1 is 1.17 bits per heavy atom. The lowest BCUT2D eigenvalue weighted by atomic mass is 10.3. The average Bonchev–Trinajstić information content (AvgIpc) is 3.63. The first-order valence-electron chi connectivity index (χ1n) is 12.2. The fourth-order valence-corrected chi connectivity index (χ4v) is 4.28. The van der Waals surface area contributed by atoms with E-state index in [4.69, 9.17) is 14.7 Å². The lowest BCUT2D eigenvalue weighted by Gasteiger charge is -2.24. The third-order valence-electron chi connectivity index (χ3n) is 5.57. The van der Waals surface area contributed by atoms with Crippen LogP contribution in [0.5, 0.6) is 5.75 Å². The number of hydrogen-bond acceptors (Lipinski definition) is 8. The number of hydrogen-bond donors (Lipinski definition) is 3. The zero-order valence-corrected chi connectivity index (χ0v) is 21.5. The Hall–Kier alpha value is -3.27. The molecular weight excluding hydrogens is 462 g/mol. The van der Waals surface area contributed by atoms with Crippen molar-refractivity contribution in [2.45, 2.75) is 57.0 Å². The van der Waals surface area contributed by atoms with E-state index in [1.807, 2.05) is 37.3 Å². The zero-order valence-electron chi connectivity index (χ0n) is 20.7. The van der Waals surface area contributed by atoms with Crippen molar-refractivity contribution in [3.05, 3.63) is 36.0 Å². The smallest absolute Gasteiger partial charge is 0.227 e. The second-order valence-corrected chi connectivity index (χ2v) is 9.52. The molecule has 1 aromatic carbocycles. The van der Waals surface area contributed by atoms with E-state index in [1.54, 1.807) is 0 Å². The van der Waals surface area contributed by atoms with Crippen molar-refractivity contribution in [2.75, 3.05) is 35.2 Å². The Bertz CT molecular complexity index is 1140. The van der Waals surface area contributed by atoms with Crippen molar-refractivity contribution < 1.29 is 9.53 Å². The molecule has 9 nitrogen and oxygen atoms in total. The first kappa shape index (κ1) is 24.8. The van der Waals surface area contributed by atoms with Crippen LogP contribution in [0.1, 0.15) is 45.7 Å². The summed E-state index contributed by atoms with van der Waals surface area (Å²) in [5.74, 6) is 2.90. The molecule has 10 heteroatoms. The van der Waals surface area contributed by atoms with Gasteiger partial charge in [-0.05, 0) is 76.1 Å². The fourth-order valence-electron chi connectivity index (χ4n) is 3.53. The van der Waals surface area contributed by atoms with E-state index in [-0.39, 0.29) is 11.8 Å². The standard InChI is InChI=1S/C25H33N7O2S/c1-5-14-34-21-22(27-20-15-16(4)30-31-20)28-25(29-23(21)32(6-2)7-3)35-19-12-10-18(11-13-19)26-24(33)17-8-9-17/h10-13,15,17H,5-9,14H2,1-4H3,(H,26,33)(H2,27,28,29,30,31). The minimum atomic E-state index is 0.101. The predicted molar refractivity (Wildman–Crippen MR) is 140 cm³/mol. The molecule has 186 valence electrons. The van der Waals surface area contributed by atoms with Crippen LogP contribution in [0.25, 0.3) is 0 Å². The number of benzene rings is 1. The summed E-state index contributed by atoms with van der Waals surface area (Å²) in [4.78, 5) is 24.9. The number of rotatable bonds is 12. The molecule has 0 spiro atoms. The molecule has 3 N–H and O–H groups in total. The molecule has 2 heterocycles. The molecule has 0 saturated heterocycles. The van der Waals surface area contributed by atoms with E-state index in [1.165, 1.54) is 11.8 Å². The van der Waals surface area contributed by atoms with Crippen molar-refractivity contribution >= 4 is 40.8 Å². The van der Waals surface area contributed by atoms with Gasteiger partial charge < -0.3 is 20.3 Å². The van der Waals surface area contributed by atoms with Crippen LogP contribution in [-0.2, 0) is 4.79 Å². The van der Waals surface area contributed by atoms with Crippen LogP contribution in [-0.4, -0.2) is 45.8 Å². The fraction of sp³-hybridized carbons (Fsp3) is 0.440. The Morgan fingerprint density at radius 2 is 1.91 bits per heavy atom. The highest BCUT2D eigenvalue weighted by atomic mass is 32.2. The summed E-state index contributed by atoms with van der Waals surface area (Å²) in [5.41, 5.74) is 1.75. The molecule has 35 heavy (non-hydrogen) atoms. The van der Waals surface area contributed by atoms with Crippen molar-refractivity contribution in [1.82, 2.24) is 20.2 Å². The van der Waals surface area contributed by atoms with Gasteiger partial charge in [0.25, 0.3) is 0 Å². The summed E-state index contributed by atoms with van der Waals surface area (Å²) in [6.07, 6.45) is 2.84. The molecular formula is C25H33N7O2S. The van der Waals surface area contributed by atoms with Crippen LogP contribution < -0.4 is 20.3 Å². The monoisotopic (exact) mass is 495 g/mol. The maximum Gasteiger partial charge on any atom is 0.227 e. The number of nitrogens with one attached hydrogen (secondary N) is 3. The molecule has 0 aliphatic heterocycles. The van der Waals surface area contributed by atoms with Crippen molar-refractivity contribution in [3.63, 3.8) is 0 Å². The van der Waals surface area contributed by atoms with E-state index in [9.17, 15) is 4.79 Å². The third kappa shape index (κ3) is 6.45. The maximum absolute atomic E-state index is 12.0. The Kier molecular flexibility index (Phi) is 8.12. The normalized spacial score (nSPS) is 12.9. The van der Waals surface area contributed by atoms with Crippen LogP contribution in [0.3, 0.4) is 0 Å². The van der Waals surface area contributed by atoms with Gasteiger partial charge in [0.2, 0.25) is 11.7 Å². The van der Waals surface area contributed by atoms with E-state index in [0.29, 0.717) is 29.1 Å². The number of amides is 1. The Labute approximate surface area is 210 Å². The number of aromatic nitrogens is 4. The molecule has 1 amide bonds. The Morgan fingerprint density at radius 3 is 2.51 bits per heavy atom. The van der Waals surface area contributed by atoms with Gasteiger partial charge in [-0.15, -0.1) is 0 Å². The number of H-pyrrole nitrogens is 1. The second-order valence-electron chi connectivity index (χ2n) is 8.48. The van der Waals surface area contributed by atoms with Crippen LogP contribution in [0, 0.1) is 12.8 Å². The van der Waals surface area contributed by atoms with Gasteiger partial charge in [0, 0.05) is 41.4 Å². The molecule has 0 bridgehead atoms. The van der Waals surface area contributed by atoms with Gasteiger partial charge in [-0.25, -0.2) is 9.97 Å².